The van der Waals surface area contributed by atoms with Gasteiger partial charge >= 0.3 is 6.18 Å². The fraction of sp³-hybridized carbons (Fsp3) is 1.00. The Morgan fingerprint density at radius 1 is 1.44 bits per heavy atom. The summed E-state index contributed by atoms with van der Waals surface area (Å²) in [6, 6.07) is 0. The summed E-state index contributed by atoms with van der Waals surface area (Å²) in [6.45, 7) is 1.41. The van der Waals surface area contributed by atoms with Crippen LogP contribution in [0.4, 0.5) is 13.2 Å². The Hall–Kier alpha value is -0.370. The molecule has 0 aromatic rings. The van der Waals surface area contributed by atoms with Gasteiger partial charge in [-0.25, -0.2) is 0 Å². The van der Waals surface area contributed by atoms with E-state index in [0.717, 1.165) is 6.54 Å². The second kappa shape index (κ2) is 6.70. The minimum absolute atomic E-state index is 0.0839. The van der Waals surface area contributed by atoms with E-state index in [9.17, 15) is 18.3 Å². The van der Waals surface area contributed by atoms with Gasteiger partial charge in [-0.2, -0.15) is 13.2 Å². The van der Waals surface area contributed by atoms with Gasteiger partial charge in [0.25, 0.3) is 0 Å². The molecule has 0 saturated carbocycles. The summed E-state index contributed by atoms with van der Waals surface area (Å²) in [4.78, 5) is 1.92. The summed E-state index contributed by atoms with van der Waals surface area (Å²) < 4.78 is 39.9. The third kappa shape index (κ3) is 6.53. The molecule has 0 amide bonds. The molecule has 1 aliphatic heterocycles. The number of β-amino-alcohol motifs (C(OH)–C–C–N with tert-alkyl or cyclic N) is 1. The van der Waals surface area contributed by atoms with Crippen LogP contribution in [0.25, 0.3) is 0 Å². The third-order valence-electron chi connectivity index (χ3n) is 2.88. The van der Waals surface area contributed by atoms with Crippen molar-refractivity contribution in [3.05, 3.63) is 0 Å². The van der Waals surface area contributed by atoms with E-state index in [-0.39, 0.29) is 6.61 Å². The van der Waals surface area contributed by atoms with Crippen molar-refractivity contribution in [1.82, 2.24) is 10.2 Å². The van der Waals surface area contributed by atoms with Crippen molar-refractivity contribution in [3.63, 3.8) is 0 Å². The maximum atomic E-state index is 11.8. The van der Waals surface area contributed by atoms with Crippen molar-refractivity contribution in [3.8, 4) is 0 Å². The highest BCUT2D eigenvalue weighted by Crippen LogP contribution is 2.16. The average Bonchev–Trinajstić information content (AvgIpc) is 2.62. The molecule has 18 heavy (non-hydrogen) atoms. The fourth-order valence-electron chi connectivity index (χ4n) is 2.07. The molecule has 0 radical (unpaired) electrons. The molecule has 0 bridgehead atoms. The van der Waals surface area contributed by atoms with Gasteiger partial charge in [0.2, 0.25) is 0 Å². The standard InChI is InChI=1S/C11H21F3N2O2/c1-16(8-10(17)3-4-15-7-10)5-2-6-18-9-11(12,13)14/h15,17H,2-9H2,1H3. The van der Waals surface area contributed by atoms with Crippen molar-refractivity contribution >= 4 is 0 Å². The van der Waals surface area contributed by atoms with Gasteiger partial charge < -0.3 is 20.1 Å². The Kier molecular flexibility index (Phi) is 5.84. The van der Waals surface area contributed by atoms with Crippen LogP contribution in [0.1, 0.15) is 12.8 Å². The Bertz CT molecular complexity index is 243. The number of ether oxygens (including phenoxy) is 1. The molecule has 0 aliphatic carbocycles. The van der Waals surface area contributed by atoms with Gasteiger partial charge in [0.1, 0.15) is 6.61 Å². The Morgan fingerprint density at radius 3 is 2.72 bits per heavy atom. The quantitative estimate of drug-likeness (QED) is 0.665. The Labute approximate surface area is 105 Å². The first-order valence-electron chi connectivity index (χ1n) is 6.07. The zero-order chi connectivity index (χ0) is 13.6. The molecule has 1 unspecified atom stereocenters. The SMILES string of the molecule is CN(CCCOCC(F)(F)F)CC1(O)CCNC1. The minimum Gasteiger partial charge on any atom is -0.387 e. The first-order valence-corrected chi connectivity index (χ1v) is 6.07. The Balaban J connectivity index is 2.05. The number of hydrogen-bond donors (Lipinski definition) is 2. The summed E-state index contributed by atoms with van der Waals surface area (Å²) in [6.07, 6.45) is -3.02. The van der Waals surface area contributed by atoms with Crippen LogP contribution in [0.15, 0.2) is 0 Å². The lowest BCUT2D eigenvalue weighted by atomic mass is 10.0. The lowest BCUT2D eigenvalue weighted by Crippen LogP contribution is -2.43. The van der Waals surface area contributed by atoms with Crippen molar-refractivity contribution in [2.75, 3.05) is 46.4 Å². The maximum Gasteiger partial charge on any atom is 0.411 e. The van der Waals surface area contributed by atoms with Crippen LogP contribution < -0.4 is 5.32 Å². The summed E-state index contributed by atoms with van der Waals surface area (Å²) in [5.41, 5.74) is -0.707. The van der Waals surface area contributed by atoms with E-state index in [1.807, 2.05) is 11.9 Å². The average molecular weight is 270 g/mol. The second-order valence-corrected chi connectivity index (χ2v) is 4.91. The van der Waals surface area contributed by atoms with Crippen LogP contribution >= 0.6 is 0 Å². The molecular formula is C11H21F3N2O2. The number of aliphatic hydroxyl groups is 1. The van der Waals surface area contributed by atoms with Crippen molar-refractivity contribution in [2.45, 2.75) is 24.6 Å². The van der Waals surface area contributed by atoms with E-state index in [1.165, 1.54) is 0 Å². The molecule has 1 atom stereocenters. The number of nitrogens with one attached hydrogen (secondary N) is 1. The van der Waals surface area contributed by atoms with E-state index in [4.69, 9.17) is 0 Å². The van der Waals surface area contributed by atoms with Crippen LogP contribution in [0, 0.1) is 0 Å². The molecule has 1 saturated heterocycles. The van der Waals surface area contributed by atoms with Crippen molar-refractivity contribution in [1.29, 1.82) is 0 Å². The predicted molar refractivity (Wildman–Crippen MR) is 61.4 cm³/mol. The molecule has 0 aromatic heterocycles. The maximum absolute atomic E-state index is 11.8. The lowest BCUT2D eigenvalue weighted by Gasteiger charge is -2.27. The number of nitrogens with zero attached hydrogens (tertiary/aromatic N) is 1. The van der Waals surface area contributed by atoms with Gasteiger partial charge in [-0.15, -0.1) is 0 Å². The summed E-state index contributed by atoms with van der Waals surface area (Å²) >= 11 is 0. The lowest BCUT2D eigenvalue weighted by molar-refractivity contribution is -0.174. The zero-order valence-corrected chi connectivity index (χ0v) is 10.6. The Morgan fingerprint density at radius 2 is 2.17 bits per heavy atom. The molecule has 2 N–H and O–H groups in total. The van der Waals surface area contributed by atoms with Crippen molar-refractivity contribution in [2.24, 2.45) is 0 Å². The molecule has 7 heteroatoms. The highest BCUT2D eigenvalue weighted by molar-refractivity contribution is 4.89. The molecule has 0 spiro atoms. The molecule has 1 rings (SSSR count). The minimum atomic E-state index is -4.25. The normalized spacial score (nSPS) is 25.0. The topological polar surface area (TPSA) is 44.7 Å². The van der Waals surface area contributed by atoms with E-state index in [1.54, 1.807) is 0 Å². The molecular weight excluding hydrogens is 249 g/mol. The molecule has 108 valence electrons. The summed E-state index contributed by atoms with van der Waals surface area (Å²) in [5.74, 6) is 0. The number of halogens is 3. The van der Waals surface area contributed by atoms with Gasteiger partial charge in [-0.05, 0) is 26.4 Å². The fourth-order valence-corrected chi connectivity index (χ4v) is 2.07. The van der Waals surface area contributed by atoms with Crippen LogP contribution in [0.3, 0.4) is 0 Å². The largest absolute Gasteiger partial charge is 0.411 e. The number of rotatable bonds is 7. The van der Waals surface area contributed by atoms with E-state index >= 15 is 0 Å². The van der Waals surface area contributed by atoms with Crippen molar-refractivity contribution < 1.29 is 23.0 Å². The van der Waals surface area contributed by atoms with E-state index < -0.39 is 18.4 Å². The van der Waals surface area contributed by atoms with Gasteiger partial charge in [0.15, 0.2) is 0 Å². The highest BCUT2D eigenvalue weighted by Gasteiger charge is 2.32. The number of hydrogen-bond acceptors (Lipinski definition) is 4. The van der Waals surface area contributed by atoms with E-state index in [0.29, 0.717) is 32.5 Å². The number of likely N-dealkylation sites (N-methyl/N-ethyl adjacent to an activating group) is 1. The highest BCUT2D eigenvalue weighted by atomic mass is 19.4. The molecule has 1 aliphatic rings. The van der Waals surface area contributed by atoms with Crippen LogP contribution in [0.2, 0.25) is 0 Å². The monoisotopic (exact) mass is 270 g/mol. The van der Waals surface area contributed by atoms with E-state index in [2.05, 4.69) is 10.1 Å². The second-order valence-electron chi connectivity index (χ2n) is 4.91. The first kappa shape index (κ1) is 15.7. The molecule has 1 fully saturated rings. The third-order valence-corrected chi connectivity index (χ3v) is 2.88. The predicted octanol–water partition coefficient (Wildman–Crippen LogP) is 0.612. The molecule has 4 nitrogen and oxygen atoms in total. The van der Waals surface area contributed by atoms with Gasteiger partial charge in [0, 0.05) is 26.2 Å². The van der Waals surface area contributed by atoms with Crippen LogP contribution in [-0.2, 0) is 4.74 Å². The summed E-state index contributed by atoms with van der Waals surface area (Å²) in [5, 5.41) is 13.2. The zero-order valence-electron chi connectivity index (χ0n) is 10.6. The smallest absolute Gasteiger partial charge is 0.387 e. The first-order chi connectivity index (χ1) is 8.31. The molecule has 1 heterocycles. The van der Waals surface area contributed by atoms with Crippen LogP contribution in [0.5, 0.6) is 0 Å². The van der Waals surface area contributed by atoms with Gasteiger partial charge in [-0.1, -0.05) is 0 Å². The molecule has 0 aromatic carbocycles. The number of alkyl halides is 3. The van der Waals surface area contributed by atoms with Gasteiger partial charge in [0.05, 0.1) is 5.60 Å². The van der Waals surface area contributed by atoms with Crippen LogP contribution in [-0.4, -0.2) is 68.2 Å². The summed E-state index contributed by atoms with van der Waals surface area (Å²) in [7, 11) is 1.85. The van der Waals surface area contributed by atoms with Gasteiger partial charge in [-0.3, -0.25) is 0 Å².